The summed E-state index contributed by atoms with van der Waals surface area (Å²) < 4.78 is 25.7. The summed E-state index contributed by atoms with van der Waals surface area (Å²) in [6.07, 6.45) is 0. The molecule has 0 fully saturated rings. The van der Waals surface area contributed by atoms with Crippen molar-refractivity contribution in [3.63, 3.8) is 0 Å². The third-order valence-electron chi connectivity index (χ3n) is 0. The molecule has 0 saturated carbocycles. The molecule has 0 atom stereocenters. The summed E-state index contributed by atoms with van der Waals surface area (Å²) in [4.78, 5) is 0. The van der Waals surface area contributed by atoms with E-state index >= 15 is 0 Å². The minimum Gasteiger partial charge on any atom is 0 e. The van der Waals surface area contributed by atoms with Crippen molar-refractivity contribution in [3.8, 4) is 0 Å². The van der Waals surface area contributed by atoms with Gasteiger partial charge in [-0.1, -0.05) is 0 Å². The van der Waals surface area contributed by atoms with E-state index in [0.717, 1.165) is 0 Å². The fraction of sp³-hybridized carbons (Fsp3) is 0. The Bertz CT molecular complexity index is 56.5. The van der Waals surface area contributed by atoms with E-state index in [0.29, 0.717) is 0 Å². The summed E-state index contributed by atoms with van der Waals surface area (Å²) in [5, 5.41) is 0. The van der Waals surface area contributed by atoms with Crippen molar-refractivity contribution in [2.45, 2.75) is 0 Å². The second-order valence-electron chi connectivity index (χ2n) is 0.224. The molecule has 42 valence electrons. The summed E-state index contributed by atoms with van der Waals surface area (Å²) in [5.41, 5.74) is 0. The van der Waals surface area contributed by atoms with E-state index in [1.807, 2.05) is 0 Å². The molecule has 0 aliphatic carbocycles. The zero-order valence-corrected chi connectivity index (χ0v) is 8.22. The first-order valence-electron chi connectivity index (χ1n) is 0.548. The predicted molar refractivity (Wildman–Crippen MR) is 14.4 cm³/mol. The van der Waals surface area contributed by atoms with Crippen LogP contribution in [0.3, 0.4) is 0 Å². The maximum atomic E-state index is 8.56. The molecule has 0 aromatic heterocycles. The molecule has 0 saturated heterocycles. The van der Waals surface area contributed by atoms with Crippen LogP contribution < -0.4 is 4.10 Å². The SMILES string of the molecule is O.O.O=[As](=O)[O-].[Zn]. The van der Waals surface area contributed by atoms with E-state index in [2.05, 4.69) is 0 Å². The molecule has 0 rings (SSSR count). The molecule has 5 nitrogen and oxygen atoms in total. The molecule has 0 spiro atoms. The van der Waals surface area contributed by atoms with Crippen LogP contribution in [0.25, 0.3) is 0 Å². The summed E-state index contributed by atoms with van der Waals surface area (Å²) in [7, 11) is 0. The Morgan fingerprint density at radius 2 is 1.14 bits per heavy atom. The van der Waals surface area contributed by atoms with Crippen LogP contribution >= 0.6 is 0 Å². The number of rotatable bonds is 0. The molecular formula is H4AsO5Zn-. The van der Waals surface area contributed by atoms with Crippen LogP contribution in [0.1, 0.15) is 0 Å². The molecule has 4 N–H and O–H groups in total. The van der Waals surface area contributed by atoms with Gasteiger partial charge < -0.3 is 11.0 Å². The largest absolute Gasteiger partial charge is 0 e. The first kappa shape index (κ1) is 25.4. The Hall–Kier alpha value is 0.662. The summed E-state index contributed by atoms with van der Waals surface area (Å²) >= 11 is -3.94. The van der Waals surface area contributed by atoms with E-state index < -0.39 is 14.9 Å². The van der Waals surface area contributed by atoms with Gasteiger partial charge in [-0.15, -0.1) is 0 Å². The Balaban J connectivity index is -0.0000000150. The first-order valence-corrected chi connectivity index (χ1v) is 2.85. The van der Waals surface area contributed by atoms with Crippen molar-refractivity contribution in [1.82, 2.24) is 0 Å². The second kappa shape index (κ2) is 15.9. The van der Waals surface area contributed by atoms with Crippen molar-refractivity contribution >= 4 is 14.9 Å². The van der Waals surface area contributed by atoms with Crippen LogP contribution in [-0.2, 0) is 27.0 Å². The van der Waals surface area contributed by atoms with Gasteiger partial charge in [-0.2, -0.15) is 0 Å². The number of hydrogen-bond acceptors (Lipinski definition) is 3. The monoisotopic (exact) mass is 223 g/mol. The van der Waals surface area contributed by atoms with Gasteiger partial charge in [0.25, 0.3) is 0 Å². The van der Waals surface area contributed by atoms with E-state index in [-0.39, 0.29) is 30.4 Å². The van der Waals surface area contributed by atoms with Gasteiger partial charge in [0.05, 0.1) is 0 Å². The molecule has 0 radical (unpaired) electrons. The summed E-state index contributed by atoms with van der Waals surface area (Å²) in [5.74, 6) is 0. The van der Waals surface area contributed by atoms with Gasteiger partial charge in [-0.3, -0.25) is 0 Å². The fourth-order valence-corrected chi connectivity index (χ4v) is 0. The third-order valence-corrected chi connectivity index (χ3v) is 0. The van der Waals surface area contributed by atoms with Crippen molar-refractivity contribution in [2.75, 3.05) is 0 Å². The van der Waals surface area contributed by atoms with Gasteiger partial charge in [-0.25, -0.2) is 0 Å². The molecule has 0 aromatic rings. The van der Waals surface area contributed by atoms with E-state index in [1.54, 1.807) is 0 Å². The molecule has 0 aliphatic heterocycles. The zero-order valence-electron chi connectivity index (χ0n) is 3.38. The molecule has 7 heteroatoms. The maximum Gasteiger partial charge on any atom is 0 e. The van der Waals surface area contributed by atoms with E-state index in [1.165, 1.54) is 0 Å². The van der Waals surface area contributed by atoms with Crippen LogP contribution in [0.2, 0.25) is 0 Å². The van der Waals surface area contributed by atoms with Crippen LogP contribution in [0.4, 0.5) is 0 Å². The van der Waals surface area contributed by atoms with Crippen LogP contribution in [-0.4, -0.2) is 25.8 Å². The average molecular weight is 224 g/mol. The predicted octanol–water partition coefficient (Wildman–Crippen LogP) is -3.46. The van der Waals surface area contributed by atoms with Gasteiger partial charge in [0, 0.05) is 19.5 Å². The normalized spacial score (nSPS) is 3.57. The van der Waals surface area contributed by atoms with Crippen molar-refractivity contribution in [3.05, 3.63) is 0 Å². The quantitative estimate of drug-likeness (QED) is 0.398. The van der Waals surface area contributed by atoms with E-state index in [4.69, 9.17) is 11.6 Å². The molecule has 0 bridgehead atoms. The molecule has 0 aliphatic rings. The zero-order chi connectivity index (χ0) is 3.58. The van der Waals surface area contributed by atoms with Crippen molar-refractivity contribution in [1.29, 1.82) is 0 Å². The van der Waals surface area contributed by atoms with Gasteiger partial charge >= 0.3 is 26.4 Å². The molecule has 0 aromatic carbocycles. The minimum atomic E-state index is -3.94. The number of hydrogen-bond donors (Lipinski definition) is 0. The summed E-state index contributed by atoms with van der Waals surface area (Å²) in [6.45, 7) is 0. The Morgan fingerprint density at radius 1 is 1.14 bits per heavy atom. The molecule has 7 heavy (non-hydrogen) atoms. The third kappa shape index (κ3) is 331. The van der Waals surface area contributed by atoms with Gasteiger partial charge in [0.1, 0.15) is 0 Å². The molecule has 0 unspecified atom stereocenters. The smallest absolute Gasteiger partial charge is 0 e. The van der Waals surface area contributed by atoms with Gasteiger partial charge in [0.2, 0.25) is 0 Å². The van der Waals surface area contributed by atoms with Gasteiger partial charge in [0.15, 0.2) is 0 Å². The fourth-order valence-electron chi connectivity index (χ4n) is 0. The minimum absolute atomic E-state index is 0. The Labute approximate surface area is 57.2 Å². The maximum absolute atomic E-state index is 8.56. The summed E-state index contributed by atoms with van der Waals surface area (Å²) in [6, 6.07) is 0. The van der Waals surface area contributed by atoms with Crippen LogP contribution in [0.5, 0.6) is 0 Å². The molecule has 0 heterocycles. The molecule has 0 amide bonds. The van der Waals surface area contributed by atoms with Crippen molar-refractivity contribution < 1.29 is 42.0 Å². The van der Waals surface area contributed by atoms with Gasteiger partial charge in [-0.05, 0) is 0 Å². The first-order chi connectivity index (χ1) is 1.73. The van der Waals surface area contributed by atoms with E-state index in [9.17, 15) is 0 Å². The van der Waals surface area contributed by atoms with Crippen LogP contribution in [0, 0.1) is 0 Å². The Kier molecular flexibility index (Phi) is 57.7. The standard InChI is InChI=1S/AsHO3.2H2O.Zn/c2-1(3)4;;;/h(H,2,3,4);2*1H2;/p-1. The Morgan fingerprint density at radius 3 is 1.14 bits per heavy atom. The topological polar surface area (TPSA) is 120 Å². The molecular weight excluding hydrogens is 220 g/mol. The second-order valence-corrected chi connectivity index (χ2v) is 1.16. The van der Waals surface area contributed by atoms with Crippen molar-refractivity contribution in [2.24, 2.45) is 0 Å². The van der Waals surface area contributed by atoms with Crippen LogP contribution in [0.15, 0.2) is 0 Å². The average Bonchev–Trinajstić information content (AvgIpc) is 0.811.